The molecular weight excluding hydrogens is 280 g/mol. The molecule has 2 aromatic carbocycles. The lowest BCUT2D eigenvalue weighted by atomic mass is 10.0. The molecule has 0 saturated heterocycles. The molecule has 0 spiro atoms. The van der Waals surface area contributed by atoms with E-state index in [0.717, 1.165) is 22.1 Å². The highest BCUT2D eigenvalue weighted by molar-refractivity contribution is 7.11. The largest absolute Gasteiger partial charge is 0.497 e. The van der Waals surface area contributed by atoms with E-state index in [1.54, 1.807) is 18.4 Å². The van der Waals surface area contributed by atoms with E-state index >= 15 is 0 Å². The summed E-state index contributed by atoms with van der Waals surface area (Å²) in [6, 6.07) is 12.6. The van der Waals surface area contributed by atoms with Crippen LogP contribution in [0, 0.1) is 0 Å². The number of benzene rings is 2. The molecular formula is C17H18N2OS. The van der Waals surface area contributed by atoms with Gasteiger partial charge in [0.05, 0.1) is 12.1 Å². The lowest BCUT2D eigenvalue weighted by Crippen LogP contribution is -2.01. The highest BCUT2D eigenvalue weighted by Crippen LogP contribution is 2.27. The number of nitrogens with two attached hydrogens (primary N) is 1. The zero-order chi connectivity index (χ0) is 14.8. The van der Waals surface area contributed by atoms with Crippen LogP contribution in [0.2, 0.25) is 0 Å². The van der Waals surface area contributed by atoms with E-state index in [1.165, 1.54) is 16.3 Å². The van der Waals surface area contributed by atoms with E-state index in [9.17, 15) is 0 Å². The Morgan fingerprint density at radius 1 is 1.29 bits per heavy atom. The van der Waals surface area contributed by atoms with Crippen molar-refractivity contribution in [2.75, 3.05) is 7.11 Å². The Labute approximate surface area is 128 Å². The fraction of sp³-hybridized carbons (Fsp3) is 0.235. The first-order chi connectivity index (χ1) is 10.2. The van der Waals surface area contributed by atoms with Gasteiger partial charge in [-0.25, -0.2) is 4.98 Å². The van der Waals surface area contributed by atoms with Crippen LogP contribution in [0.4, 0.5) is 0 Å². The number of fused-ring (bicyclic) bond motifs is 1. The summed E-state index contributed by atoms with van der Waals surface area (Å²) in [5, 5.41) is 3.53. The number of nitrogens with zero attached hydrogens (tertiary/aromatic N) is 1. The van der Waals surface area contributed by atoms with Crippen LogP contribution in [0.1, 0.15) is 28.4 Å². The van der Waals surface area contributed by atoms with E-state index in [-0.39, 0.29) is 6.04 Å². The van der Waals surface area contributed by atoms with Crippen LogP contribution in [0.15, 0.2) is 42.6 Å². The number of methoxy groups -OCH3 is 1. The van der Waals surface area contributed by atoms with Gasteiger partial charge in [-0.3, -0.25) is 0 Å². The highest BCUT2D eigenvalue weighted by atomic mass is 32.1. The molecule has 3 aromatic rings. The molecule has 21 heavy (non-hydrogen) atoms. The van der Waals surface area contributed by atoms with E-state index in [1.807, 2.05) is 19.2 Å². The van der Waals surface area contributed by atoms with Crippen molar-refractivity contribution in [3.05, 3.63) is 58.0 Å². The molecule has 2 N–H and O–H groups in total. The Bertz CT molecular complexity index is 764. The van der Waals surface area contributed by atoms with Crippen LogP contribution in [0.25, 0.3) is 10.8 Å². The average Bonchev–Trinajstić information content (AvgIpc) is 2.96. The van der Waals surface area contributed by atoms with E-state index < -0.39 is 0 Å². The predicted molar refractivity (Wildman–Crippen MR) is 88.0 cm³/mol. The van der Waals surface area contributed by atoms with Gasteiger partial charge < -0.3 is 10.5 Å². The molecule has 1 atom stereocenters. The third-order valence-corrected chi connectivity index (χ3v) is 4.74. The third-order valence-electron chi connectivity index (χ3n) is 3.54. The number of thiazole rings is 1. The molecule has 3 nitrogen and oxygen atoms in total. The summed E-state index contributed by atoms with van der Waals surface area (Å²) >= 11 is 1.69. The summed E-state index contributed by atoms with van der Waals surface area (Å²) < 4.78 is 5.33. The van der Waals surface area contributed by atoms with Crippen LogP contribution < -0.4 is 10.5 Å². The summed E-state index contributed by atoms with van der Waals surface area (Å²) in [7, 11) is 1.69. The molecule has 4 heteroatoms. The average molecular weight is 298 g/mol. The smallest absolute Gasteiger partial charge is 0.119 e. The summed E-state index contributed by atoms with van der Waals surface area (Å²) in [4.78, 5) is 5.62. The van der Waals surface area contributed by atoms with Crippen molar-refractivity contribution in [3.63, 3.8) is 0 Å². The van der Waals surface area contributed by atoms with Crippen LogP contribution in [-0.2, 0) is 6.42 Å². The lowest BCUT2D eigenvalue weighted by molar-refractivity contribution is 0.415. The second-order valence-electron chi connectivity index (χ2n) is 5.13. The maximum absolute atomic E-state index is 5.90. The number of rotatable bonds is 4. The van der Waals surface area contributed by atoms with Crippen molar-refractivity contribution in [1.82, 2.24) is 4.98 Å². The SMILES string of the molecule is COc1ccc2cccc(Cc3ncc(C(C)N)s3)c2c1. The molecule has 0 aliphatic heterocycles. The van der Waals surface area contributed by atoms with Crippen molar-refractivity contribution in [2.24, 2.45) is 5.73 Å². The molecule has 0 saturated carbocycles. The molecule has 3 rings (SSSR count). The van der Waals surface area contributed by atoms with Crippen LogP contribution in [0.5, 0.6) is 5.75 Å². The summed E-state index contributed by atoms with van der Waals surface area (Å²) in [5.41, 5.74) is 7.16. The zero-order valence-corrected chi connectivity index (χ0v) is 13.0. The molecule has 0 amide bonds. The third kappa shape index (κ3) is 2.91. The van der Waals surface area contributed by atoms with Gasteiger partial charge in [-0.15, -0.1) is 11.3 Å². The Hall–Kier alpha value is -1.91. The van der Waals surface area contributed by atoms with Gasteiger partial charge in [0, 0.05) is 23.5 Å². The zero-order valence-electron chi connectivity index (χ0n) is 12.2. The Morgan fingerprint density at radius 3 is 2.86 bits per heavy atom. The van der Waals surface area contributed by atoms with Crippen LogP contribution in [-0.4, -0.2) is 12.1 Å². The Morgan fingerprint density at radius 2 is 2.14 bits per heavy atom. The topological polar surface area (TPSA) is 48.1 Å². The van der Waals surface area contributed by atoms with Gasteiger partial charge in [-0.05, 0) is 35.4 Å². The molecule has 0 radical (unpaired) electrons. The minimum Gasteiger partial charge on any atom is -0.497 e. The minimum absolute atomic E-state index is 0.0452. The molecule has 1 unspecified atom stereocenters. The minimum atomic E-state index is 0.0452. The molecule has 1 aromatic heterocycles. The van der Waals surface area contributed by atoms with Crippen molar-refractivity contribution >= 4 is 22.1 Å². The van der Waals surface area contributed by atoms with Gasteiger partial charge in [0.15, 0.2) is 0 Å². The number of hydrogen-bond acceptors (Lipinski definition) is 4. The number of hydrogen-bond donors (Lipinski definition) is 1. The molecule has 1 heterocycles. The first-order valence-electron chi connectivity index (χ1n) is 6.93. The molecule has 0 bridgehead atoms. The molecule has 0 fully saturated rings. The molecule has 0 aliphatic rings. The van der Waals surface area contributed by atoms with Crippen molar-refractivity contribution in [2.45, 2.75) is 19.4 Å². The first-order valence-corrected chi connectivity index (χ1v) is 7.75. The second-order valence-corrected chi connectivity index (χ2v) is 6.27. The van der Waals surface area contributed by atoms with Crippen molar-refractivity contribution in [1.29, 1.82) is 0 Å². The fourth-order valence-corrected chi connectivity index (χ4v) is 3.27. The monoisotopic (exact) mass is 298 g/mol. The van der Waals surface area contributed by atoms with Crippen LogP contribution in [0.3, 0.4) is 0 Å². The summed E-state index contributed by atoms with van der Waals surface area (Å²) in [6.45, 7) is 1.99. The predicted octanol–water partition coefficient (Wildman–Crippen LogP) is 3.92. The van der Waals surface area contributed by atoms with Gasteiger partial charge in [0.1, 0.15) is 5.75 Å². The van der Waals surface area contributed by atoms with Gasteiger partial charge in [0.2, 0.25) is 0 Å². The first kappa shape index (κ1) is 14.0. The van der Waals surface area contributed by atoms with Gasteiger partial charge in [-0.1, -0.05) is 24.3 Å². The van der Waals surface area contributed by atoms with E-state index in [2.05, 4.69) is 35.3 Å². The van der Waals surface area contributed by atoms with Crippen LogP contribution >= 0.6 is 11.3 Å². The summed E-state index contributed by atoms with van der Waals surface area (Å²) in [5.74, 6) is 0.880. The normalized spacial score (nSPS) is 12.5. The van der Waals surface area contributed by atoms with E-state index in [4.69, 9.17) is 10.5 Å². The summed E-state index contributed by atoms with van der Waals surface area (Å²) in [6.07, 6.45) is 2.71. The lowest BCUT2D eigenvalue weighted by Gasteiger charge is -2.07. The Balaban J connectivity index is 1.99. The van der Waals surface area contributed by atoms with Crippen molar-refractivity contribution in [3.8, 4) is 5.75 Å². The van der Waals surface area contributed by atoms with Gasteiger partial charge in [0.25, 0.3) is 0 Å². The molecule has 108 valence electrons. The number of aromatic nitrogens is 1. The Kier molecular flexibility index (Phi) is 3.90. The highest BCUT2D eigenvalue weighted by Gasteiger charge is 2.09. The molecule has 0 aliphatic carbocycles. The fourth-order valence-electron chi connectivity index (χ4n) is 2.38. The second kappa shape index (κ2) is 5.84. The van der Waals surface area contributed by atoms with Gasteiger partial charge >= 0.3 is 0 Å². The maximum atomic E-state index is 5.90. The quantitative estimate of drug-likeness (QED) is 0.794. The maximum Gasteiger partial charge on any atom is 0.119 e. The van der Waals surface area contributed by atoms with Crippen molar-refractivity contribution < 1.29 is 4.74 Å². The number of ether oxygens (including phenoxy) is 1. The van der Waals surface area contributed by atoms with Gasteiger partial charge in [-0.2, -0.15) is 0 Å². The standard InChI is InChI=1S/C17H18N2OS/c1-11(18)16-10-19-17(21-16)8-13-5-3-4-12-6-7-14(20-2)9-15(12)13/h3-7,9-11H,8,18H2,1-2H3. The van der Waals surface area contributed by atoms with E-state index in [0.29, 0.717) is 0 Å².